The number of carbonyl (C=O) groups is 1. The first kappa shape index (κ1) is 33.7. The van der Waals surface area contributed by atoms with E-state index in [4.69, 9.17) is 4.74 Å². The van der Waals surface area contributed by atoms with Gasteiger partial charge in [-0.2, -0.15) is 4.57 Å². The summed E-state index contributed by atoms with van der Waals surface area (Å²) in [5.74, 6) is 3.89. The zero-order chi connectivity index (χ0) is 32.5. The third kappa shape index (κ3) is 5.23. The number of pyridine rings is 1. The second-order valence-corrected chi connectivity index (χ2v) is 18.2. The maximum absolute atomic E-state index is 13.3. The van der Waals surface area contributed by atoms with Crippen LogP contribution in [-0.2, 0) is 16.1 Å². The van der Waals surface area contributed by atoms with E-state index in [1.54, 1.807) is 0 Å². The van der Waals surface area contributed by atoms with Crippen LogP contribution in [0.4, 0.5) is 0 Å². The Hall–Kier alpha value is -1.64. The summed E-state index contributed by atoms with van der Waals surface area (Å²) in [7, 11) is 0. The summed E-state index contributed by atoms with van der Waals surface area (Å²) < 4.78 is 8.23. The summed E-state index contributed by atoms with van der Waals surface area (Å²) in [6.07, 6.45) is 15.8. The molecule has 0 bridgehead atoms. The van der Waals surface area contributed by atoms with Crippen molar-refractivity contribution in [2.75, 3.05) is 6.61 Å². The molecule has 3 heteroatoms. The van der Waals surface area contributed by atoms with Crippen molar-refractivity contribution in [1.82, 2.24) is 0 Å². The number of carbonyl (C=O) groups excluding carboxylic acids is 1. The van der Waals surface area contributed by atoms with E-state index in [1.165, 1.54) is 61.6 Å². The van der Waals surface area contributed by atoms with Gasteiger partial charge in [-0.1, -0.05) is 67.5 Å². The topological polar surface area (TPSA) is 30.2 Å². The zero-order valence-corrected chi connectivity index (χ0v) is 30.4. The Kier molecular flexibility index (Phi) is 8.85. The van der Waals surface area contributed by atoms with Crippen molar-refractivity contribution in [1.29, 1.82) is 0 Å². The quantitative estimate of drug-likeness (QED) is 0.176. The van der Waals surface area contributed by atoms with Crippen molar-refractivity contribution >= 4 is 5.97 Å². The molecule has 0 aromatic carbocycles. The fraction of sp³-hybridized carbons (Fsp3) is 0.805. The molecule has 6 unspecified atom stereocenters. The molecule has 0 saturated heterocycles. The van der Waals surface area contributed by atoms with Gasteiger partial charge in [0.2, 0.25) is 6.54 Å². The smallest absolute Gasteiger partial charge is 0.372 e. The maximum Gasteiger partial charge on any atom is 0.372 e. The van der Waals surface area contributed by atoms with E-state index in [1.807, 2.05) is 17.0 Å². The number of ether oxygens (including phenoxy) is 1. The van der Waals surface area contributed by atoms with Gasteiger partial charge in [-0.25, -0.2) is 4.79 Å². The molecule has 10 atom stereocenters. The van der Waals surface area contributed by atoms with E-state index in [0.717, 1.165) is 30.6 Å². The second kappa shape index (κ2) is 11.6. The van der Waals surface area contributed by atoms with Gasteiger partial charge in [0, 0.05) is 16.5 Å². The van der Waals surface area contributed by atoms with Crippen LogP contribution in [0.3, 0.4) is 0 Å². The number of esters is 1. The highest BCUT2D eigenvalue weighted by molar-refractivity contribution is 5.67. The van der Waals surface area contributed by atoms with Gasteiger partial charge in [0.1, 0.15) is 0 Å². The molecule has 4 saturated carbocycles. The molecule has 0 spiro atoms. The van der Waals surface area contributed by atoms with Crippen molar-refractivity contribution in [2.45, 2.75) is 140 Å². The Morgan fingerprint density at radius 1 is 0.932 bits per heavy atom. The SMILES string of the molecule is C=C(C)C(CC)C1C2CCC3[C@@]4(C)CCC(C)C(C)(C)C4CC[C@@]3(C)[C@]2(C)CC[C@]1(C)COC(=O)C[n+]1cc(C)cc(C)c1. The van der Waals surface area contributed by atoms with E-state index in [2.05, 4.69) is 88.8 Å². The number of fused-ring (bicyclic) bond motifs is 5. The molecular weight excluding hydrogens is 538 g/mol. The van der Waals surface area contributed by atoms with Gasteiger partial charge in [0.05, 0.1) is 6.61 Å². The molecular formula is C41H66NO2+. The predicted octanol–water partition coefficient (Wildman–Crippen LogP) is 10.1. The van der Waals surface area contributed by atoms with Gasteiger partial charge in [-0.3, -0.25) is 0 Å². The molecule has 4 aliphatic carbocycles. The fourth-order valence-electron chi connectivity index (χ4n) is 12.8. The van der Waals surface area contributed by atoms with Crippen LogP contribution in [-0.4, -0.2) is 12.6 Å². The molecule has 0 aliphatic heterocycles. The molecule has 246 valence electrons. The maximum atomic E-state index is 13.3. The number of aromatic nitrogens is 1. The van der Waals surface area contributed by atoms with Crippen LogP contribution in [0.2, 0.25) is 0 Å². The minimum Gasteiger partial charge on any atom is -0.460 e. The molecule has 44 heavy (non-hydrogen) atoms. The average molecular weight is 605 g/mol. The summed E-state index contributed by atoms with van der Waals surface area (Å²) in [6.45, 7) is 32.5. The number of allylic oxidation sites excluding steroid dienone is 1. The van der Waals surface area contributed by atoms with E-state index >= 15 is 0 Å². The van der Waals surface area contributed by atoms with Gasteiger partial charge in [-0.15, -0.1) is 0 Å². The minimum atomic E-state index is -0.118. The highest BCUT2D eigenvalue weighted by atomic mass is 16.5. The first-order chi connectivity index (χ1) is 20.4. The third-order valence-electron chi connectivity index (χ3n) is 15.5. The summed E-state index contributed by atoms with van der Waals surface area (Å²) >= 11 is 0. The van der Waals surface area contributed by atoms with Crippen molar-refractivity contribution < 1.29 is 14.1 Å². The monoisotopic (exact) mass is 605 g/mol. The first-order valence-corrected chi connectivity index (χ1v) is 18.2. The Balaban J connectivity index is 1.44. The Morgan fingerprint density at radius 2 is 1.59 bits per heavy atom. The first-order valence-electron chi connectivity index (χ1n) is 18.2. The van der Waals surface area contributed by atoms with Gasteiger partial charge >= 0.3 is 5.97 Å². The van der Waals surface area contributed by atoms with E-state index in [-0.39, 0.29) is 17.9 Å². The zero-order valence-electron chi connectivity index (χ0n) is 30.4. The second-order valence-electron chi connectivity index (χ2n) is 18.2. The minimum absolute atomic E-state index is 0.0424. The van der Waals surface area contributed by atoms with Gasteiger partial charge in [0.15, 0.2) is 12.4 Å². The van der Waals surface area contributed by atoms with E-state index in [9.17, 15) is 4.79 Å². The van der Waals surface area contributed by atoms with Gasteiger partial charge < -0.3 is 4.74 Å². The molecule has 4 aliphatic rings. The highest BCUT2D eigenvalue weighted by Gasteiger charge is 2.69. The van der Waals surface area contributed by atoms with Crippen LogP contribution in [0.25, 0.3) is 0 Å². The Morgan fingerprint density at radius 3 is 2.20 bits per heavy atom. The molecule has 3 nitrogen and oxygen atoms in total. The molecule has 5 rings (SSSR count). The lowest BCUT2D eigenvalue weighted by Crippen LogP contribution is -2.66. The lowest BCUT2D eigenvalue weighted by Gasteiger charge is -2.73. The Labute approximate surface area is 271 Å². The van der Waals surface area contributed by atoms with Crippen molar-refractivity contribution in [3.8, 4) is 0 Å². The van der Waals surface area contributed by atoms with Crippen molar-refractivity contribution in [3.63, 3.8) is 0 Å². The predicted molar refractivity (Wildman–Crippen MR) is 182 cm³/mol. The molecule has 0 radical (unpaired) electrons. The number of nitrogens with zero attached hydrogens (tertiary/aromatic N) is 1. The molecule has 1 aromatic rings. The van der Waals surface area contributed by atoms with Crippen LogP contribution in [0.5, 0.6) is 0 Å². The molecule has 0 amide bonds. The molecule has 1 aromatic heterocycles. The molecule has 1 heterocycles. The standard InChI is InChI=1S/C41H66NO2/c1-13-31(27(2)3)36-32-14-15-34-39(10)18-16-30(6)37(7,8)33(39)17-19-41(34,12)40(32,11)21-20-38(36,9)26-44-35(43)25-42-23-28(4)22-29(5)24-42/h22-24,30-34,36H,2,13-21,25-26H2,1,3-12H3/q+1/t30?,31?,32?,33?,34?,36?,38-,39+,40-,41-/m1/s1. The summed E-state index contributed by atoms with van der Waals surface area (Å²) in [4.78, 5) is 13.3. The summed E-state index contributed by atoms with van der Waals surface area (Å²) in [6, 6.07) is 2.15. The van der Waals surface area contributed by atoms with E-state index < -0.39 is 0 Å². The Bertz CT molecular complexity index is 1240. The van der Waals surface area contributed by atoms with Crippen LogP contribution in [0.15, 0.2) is 30.6 Å². The number of rotatable bonds is 7. The van der Waals surface area contributed by atoms with Crippen molar-refractivity contribution in [3.05, 3.63) is 41.7 Å². The third-order valence-corrected chi connectivity index (χ3v) is 15.5. The number of hydrogen-bond acceptors (Lipinski definition) is 2. The number of hydrogen-bond donors (Lipinski definition) is 0. The molecule has 4 fully saturated rings. The van der Waals surface area contributed by atoms with Crippen LogP contribution in [0, 0.1) is 76.4 Å². The van der Waals surface area contributed by atoms with Crippen molar-refractivity contribution in [2.24, 2.45) is 62.6 Å². The lowest BCUT2D eigenvalue weighted by atomic mass is 9.31. The summed E-state index contributed by atoms with van der Waals surface area (Å²) in [5, 5.41) is 0. The van der Waals surface area contributed by atoms with Crippen LogP contribution < -0.4 is 4.57 Å². The normalized spacial score (nSPS) is 41.9. The average Bonchev–Trinajstić information content (AvgIpc) is 2.92. The molecule has 0 N–H and O–H groups in total. The lowest BCUT2D eigenvalue weighted by molar-refractivity contribution is -0.686. The van der Waals surface area contributed by atoms with E-state index in [0.29, 0.717) is 46.0 Å². The number of aryl methyl sites for hydroxylation is 2. The highest BCUT2D eigenvalue weighted by Crippen LogP contribution is 2.76. The van der Waals surface area contributed by atoms with Crippen LogP contribution in [0.1, 0.15) is 131 Å². The summed E-state index contributed by atoms with van der Waals surface area (Å²) in [5.41, 5.74) is 5.11. The van der Waals surface area contributed by atoms with Gasteiger partial charge in [0.25, 0.3) is 0 Å². The largest absolute Gasteiger partial charge is 0.460 e. The fourth-order valence-corrected chi connectivity index (χ4v) is 12.8. The van der Waals surface area contributed by atoms with Gasteiger partial charge in [-0.05, 0) is 142 Å². The van der Waals surface area contributed by atoms with Crippen LogP contribution >= 0.6 is 0 Å².